The van der Waals surface area contributed by atoms with Gasteiger partial charge >= 0.3 is 0 Å². The minimum Gasteiger partial charge on any atom is -0.192 e. The molecule has 0 amide bonds. The molecule has 0 atom stereocenters. The van der Waals surface area contributed by atoms with Crippen molar-refractivity contribution in [3.63, 3.8) is 0 Å². The fourth-order valence-corrected chi connectivity index (χ4v) is 2.08. The molecule has 0 radical (unpaired) electrons. The van der Waals surface area contributed by atoms with Crippen molar-refractivity contribution in [1.29, 1.82) is 10.5 Å². The maximum atomic E-state index is 8.71. The van der Waals surface area contributed by atoms with Crippen LogP contribution in [0.4, 0.5) is 0 Å². The van der Waals surface area contributed by atoms with Gasteiger partial charge in [0.05, 0.1) is 0 Å². The van der Waals surface area contributed by atoms with Crippen molar-refractivity contribution in [1.82, 2.24) is 0 Å². The zero-order valence-corrected chi connectivity index (χ0v) is 9.92. The Morgan fingerprint density at radius 3 is 2.62 bits per heavy atom. The molecule has 0 aliphatic heterocycles. The predicted molar refractivity (Wildman–Crippen MR) is 66.7 cm³/mol. The molecule has 0 aliphatic carbocycles. The SMILES string of the molecule is CCCSc1ccccc1C=C(C#N)C#N. The molecule has 80 valence electrons. The molecule has 1 rings (SSSR count). The summed E-state index contributed by atoms with van der Waals surface area (Å²) >= 11 is 1.75. The number of hydrogen-bond acceptors (Lipinski definition) is 3. The molecule has 0 heterocycles. The van der Waals surface area contributed by atoms with Crippen LogP contribution in [0.3, 0.4) is 0 Å². The van der Waals surface area contributed by atoms with Crippen molar-refractivity contribution in [3.05, 3.63) is 35.4 Å². The van der Waals surface area contributed by atoms with Crippen LogP contribution in [0.5, 0.6) is 0 Å². The molecular formula is C13H12N2S. The van der Waals surface area contributed by atoms with E-state index >= 15 is 0 Å². The Morgan fingerprint density at radius 1 is 1.31 bits per heavy atom. The van der Waals surface area contributed by atoms with Crippen LogP contribution in [0.15, 0.2) is 34.7 Å². The van der Waals surface area contributed by atoms with Crippen molar-refractivity contribution in [2.24, 2.45) is 0 Å². The van der Waals surface area contributed by atoms with Gasteiger partial charge in [-0.1, -0.05) is 25.1 Å². The first-order valence-corrected chi connectivity index (χ1v) is 6.04. The summed E-state index contributed by atoms with van der Waals surface area (Å²) in [4.78, 5) is 1.12. The van der Waals surface area contributed by atoms with Crippen LogP contribution < -0.4 is 0 Å². The van der Waals surface area contributed by atoms with Crippen molar-refractivity contribution < 1.29 is 0 Å². The first kappa shape index (κ1) is 12.4. The summed E-state index contributed by atoms with van der Waals surface area (Å²) in [5.74, 6) is 1.04. The number of nitriles is 2. The van der Waals surface area contributed by atoms with E-state index < -0.39 is 0 Å². The lowest BCUT2D eigenvalue weighted by Crippen LogP contribution is -1.83. The molecule has 1 aromatic rings. The first-order chi connectivity index (χ1) is 7.81. The lowest BCUT2D eigenvalue weighted by atomic mass is 10.1. The van der Waals surface area contributed by atoms with Gasteiger partial charge in [0.25, 0.3) is 0 Å². The molecule has 1 aromatic carbocycles. The fourth-order valence-electron chi connectivity index (χ4n) is 1.19. The van der Waals surface area contributed by atoms with Gasteiger partial charge < -0.3 is 0 Å². The highest BCUT2D eigenvalue weighted by molar-refractivity contribution is 7.99. The van der Waals surface area contributed by atoms with E-state index in [0.717, 1.165) is 22.6 Å². The summed E-state index contributed by atoms with van der Waals surface area (Å²) in [5, 5.41) is 17.4. The van der Waals surface area contributed by atoms with Crippen LogP contribution in [-0.4, -0.2) is 5.75 Å². The Labute approximate surface area is 100 Å². The summed E-state index contributed by atoms with van der Waals surface area (Å²) in [5.41, 5.74) is 1.09. The van der Waals surface area contributed by atoms with Crippen molar-refractivity contribution in [2.45, 2.75) is 18.2 Å². The molecule has 0 spiro atoms. The molecular weight excluding hydrogens is 216 g/mol. The van der Waals surface area contributed by atoms with Gasteiger partial charge in [0, 0.05) is 4.90 Å². The summed E-state index contributed by atoms with van der Waals surface area (Å²) in [6, 6.07) is 11.6. The van der Waals surface area contributed by atoms with E-state index in [1.54, 1.807) is 17.8 Å². The highest BCUT2D eigenvalue weighted by Gasteiger charge is 2.01. The summed E-state index contributed by atoms with van der Waals surface area (Å²) in [7, 11) is 0. The topological polar surface area (TPSA) is 47.6 Å². The Balaban J connectivity index is 3.01. The first-order valence-electron chi connectivity index (χ1n) is 5.05. The second kappa shape index (κ2) is 6.71. The second-order valence-corrected chi connectivity index (χ2v) is 4.30. The number of allylic oxidation sites excluding steroid dienone is 1. The third-order valence-electron chi connectivity index (χ3n) is 1.92. The van der Waals surface area contributed by atoms with E-state index in [-0.39, 0.29) is 5.57 Å². The molecule has 0 bridgehead atoms. The smallest absolute Gasteiger partial charge is 0.130 e. The van der Waals surface area contributed by atoms with Crippen LogP contribution >= 0.6 is 11.8 Å². The van der Waals surface area contributed by atoms with E-state index in [2.05, 4.69) is 6.92 Å². The van der Waals surface area contributed by atoms with Gasteiger partial charge in [-0.2, -0.15) is 10.5 Å². The van der Waals surface area contributed by atoms with Gasteiger partial charge in [0.15, 0.2) is 0 Å². The minimum absolute atomic E-state index is 0.143. The Morgan fingerprint density at radius 2 is 2.00 bits per heavy atom. The third kappa shape index (κ3) is 3.46. The highest BCUT2D eigenvalue weighted by atomic mass is 32.2. The molecule has 0 aliphatic rings. The largest absolute Gasteiger partial charge is 0.192 e. The van der Waals surface area contributed by atoms with Crippen LogP contribution in [0.1, 0.15) is 18.9 Å². The monoisotopic (exact) mass is 228 g/mol. The zero-order chi connectivity index (χ0) is 11.8. The number of nitrogens with zero attached hydrogens (tertiary/aromatic N) is 2. The predicted octanol–water partition coefficient (Wildman–Crippen LogP) is 3.62. The van der Waals surface area contributed by atoms with E-state index in [1.807, 2.05) is 36.4 Å². The molecule has 0 unspecified atom stereocenters. The van der Waals surface area contributed by atoms with Crippen LogP contribution in [0.2, 0.25) is 0 Å². The van der Waals surface area contributed by atoms with E-state index in [0.29, 0.717) is 0 Å². The molecule has 0 fully saturated rings. The quantitative estimate of drug-likeness (QED) is 0.584. The van der Waals surface area contributed by atoms with E-state index in [1.165, 1.54) is 0 Å². The maximum Gasteiger partial charge on any atom is 0.130 e. The van der Waals surface area contributed by atoms with Gasteiger partial charge in [0.1, 0.15) is 17.7 Å². The van der Waals surface area contributed by atoms with Gasteiger partial charge in [-0.3, -0.25) is 0 Å². The number of rotatable bonds is 4. The Hall–Kier alpha value is -1.71. The van der Waals surface area contributed by atoms with Crippen molar-refractivity contribution in [2.75, 3.05) is 5.75 Å². The molecule has 2 nitrogen and oxygen atoms in total. The van der Waals surface area contributed by atoms with Crippen LogP contribution in [0.25, 0.3) is 6.08 Å². The number of thioether (sulfide) groups is 1. The lowest BCUT2D eigenvalue weighted by Gasteiger charge is -2.03. The number of hydrogen-bond donors (Lipinski definition) is 0. The lowest BCUT2D eigenvalue weighted by molar-refractivity contribution is 1.10. The van der Waals surface area contributed by atoms with Crippen molar-refractivity contribution >= 4 is 17.8 Å². The summed E-state index contributed by atoms with van der Waals surface area (Å²) in [6.45, 7) is 2.13. The molecule has 0 N–H and O–H groups in total. The van der Waals surface area contributed by atoms with Gasteiger partial charge in [-0.05, 0) is 29.9 Å². The molecule has 0 aromatic heterocycles. The Bertz CT molecular complexity index is 448. The van der Waals surface area contributed by atoms with Crippen LogP contribution in [0, 0.1) is 22.7 Å². The van der Waals surface area contributed by atoms with Gasteiger partial charge in [-0.25, -0.2) is 0 Å². The number of benzene rings is 1. The summed E-state index contributed by atoms with van der Waals surface area (Å²) in [6.07, 6.45) is 2.74. The van der Waals surface area contributed by atoms with Crippen LogP contribution in [-0.2, 0) is 0 Å². The van der Waals surface area contributed by atoms with E-state index in [4.69, 9.17) is 10.5 Å². The zero-order valence-electron chi connectivity index (χ0n) is 9.10. The minimum atomic E-state index is 0.143. The maximum absolute atomic E-state index is 8.71. The normalized spacial score (nSPS) is 8.94. The average molecular weight is 228 g/mol. The molecule has 0 saturated carbocycles. The average Bonchev–Trinajstić information content (AvgIpc) is 2.34. The van der Waals surface area contributed by atoms with E-state index in [9.17, 15) is 0 Å². The van der Waals surface area contributed by atoms with Crippen molar-refractivity contribution in [3.8, 4) is 12.1 Å². The molecule has 0 saturated heterocycles. The second-order valence-electron chi connectivity index (χ2n) is 3.17. The molecule has 3 heteroatoms. The highest BCUT2D eigenvalue weighted by Crippen LogP contribution is 2.24. The standard InChI is InChI=1S/C13H12N2S/c1-2-7-16-13-6-4-3-5-12(13)8-11(9-14)10-15/h3-6,8H,2,7H2,1H3. The summed E-state index contributed by atoms with van der Waals surface area (Å²) < 4.78 is 0. The third-order valence-corrected chi connectivity index (χ3v) is 3.22. The molecule has 16 heavy (non-hydrogen) atoms. The Kier molecular flexibility index (Phi) is 5.19. The van der Waals surface area contributed by atoms with Gasteiger partial charge in [-0.15, -0.1) is 11.8 Å². The van der Waals surface area contributed by atoms with Gasteiger partial charge in [0.2, 0.25) is 0 Å². The fraction of sp³-hybridized carbons (Fsp3) is 0.231.